The summed E-state index contributed by atoms with van der Waals surface area (Å²) in [5, 5.41) is 12.4. The molecule has 0 aliphatic carbocycles. The first kappa shape index (κ1) is 21.1. The van der Waals surface area contributed by atoms with Crippen LogP contribution in [0.3, 0.4) is 0 Å². The van der Waals surface area contributed by atoms with Crippen molar-refractivity contribution in [2.45, 2.75) is 23.6 Å². The summed E-state index contributed by atoms with van der Waals surface area (Å²) in [5.74, 6) is 2.70. The number of nitrogens with one attached hydrogen (secondary N) is 1. The van der Waals surface area contributed by atoms with Gasteiger partial charge >= 0.3 is 0 Å². The van der Waals surface area contributed by atoms with Crippen LogP contribution in [0.25, 0.3) is 0 Å². The van der Waals surface area contributed by atoms with E-state index in [4.69, 9.17) is 4.74 Å². The van der Waals surface area contributed by atoms with Crippen LogP contribution in [0.5, 0.6) is 11.5 Å². The number of rotatable bonds is 10. The molecule has 0 saturated carbocycles. The van der Waals surface area contributed by atoms with E-state index in [9.17, 15) is 4.79 Å². The molecule has 29 heavy (non-hydrogen) atoms. The second kappa shape index (κ2) is 10.8. The average Bonchev–Trinajstić information content (AvgIpc) is 3.17. The van der Waals surface area contributed by atoms with Gasteiger partial charge in [0.25, 0.3) is 0 Å². The van der Waals surface area contributed by atoms with Gasteiger partial charge in [-0.1, -0.05) is 41.3 Å². The quantitative estimate of drug-likeness (QED) is 0.343. The Bertz CT molecular complexity index is 899. The molecule has 0 bridgehead atoms. The molecular weight excluding hydrogens is 404 g/mol. The Morgan fingerprint density at radius 1 is 1.03 bits per heavy atom. The number of benzene rings is 2. The molecule has 0 unspecified atom stereocenters. The minimum atomic E-state index is 0.178. The molecule has 1 N–H and O–H groups in total. The fraction of sp³-hybridized carbons (Fsp3) is 0.286. The highest BCUT2D eigenvalue weighted by Crippen LogP contribution is 2.29. The molecule has 152 valence electrons. The van der Waals surface area contributed by atoms with Gasteiger partial charge in [-0.2, -0.15) is 0 Å². The fourth-order valence-electron chi connectivity index (χ4n) is 2.43. The van der Waals surface area contributed by atoms with Crippen molar-refractivity contribution < 1.29 is 9.53 Å². The van der Waals surface area contributed by atoms with E-state index in [1.807, 2.05) is 54.6 Å². The average molecular weight is 429 g/mol. The number of carbonyl (C=O) groups is 1. The maximum absolute atomic E-state index is 11.5. The van der Waals surface area contributed by atoms with E-state index in [1.54, 1.807) is 30.8 Å². The van der Waals surface area contributed by atoms with E-state index in [0.29, 0.717) is 6.42 Å². The predicted octanol–water partition coefficient (Wildman–Crippen LogP) is 5.42. The summed E-state index contributed by atoms with van der Waals surface area (Å²) in [6.07, 6.45) is 2.47. The lowest BCUT2D eigenvalue weighted by Crippen LogP contribution is -2.21. The Labute approximate surface area is 179 Å². The number of hydrogen-bond donors (Lipinski definition) is 1. The van der Waals surface area contributed by atoms with Crippen LogP contribution in [-0.2, 0) is 4.79 Å². The van der Waals surface area contributed by atoms with Gasteiger partial charge in [0.2, 0.25) is 11.0 Å². The lowest BCUT2D eigenvalue weighted by Gasteiger charge is -2.09. The molecule has 3 rings (SSSR count). The topological polar surface area (TPSA) is 67.4 Å². The Morgan fingerprint density at radius 2 is 1.76 bits per heavy atom. The van der Waals surface area contributed by atoms with Gasteiger partial charge in [0.05, 0.1) is 0 Å². The lowest BCUT2D eigenvalue weighted by molar-refractivity contribution is -0.128. The van der Waals surface area contributed by atoms with Crippen molar-refractivity contribution in [2.75, 3.05) is 25.2 Å². The van der Waals surface area contributed by atoms with E-state index < -0.39 is 0 Å². The molecule has 2 aromatic carbocycles. The van der Waals surface area contributed by atoms with E-state index >= 15 is 0 Å². The third-order valence-corrected chi connectivity index (χ3v) is 6.06. The highest BCUT2D eigenvalue weighted by molar-refractivity contribution is 8.01. The number of unbranched alkanes of at least 4 members (excludes halogenated alkanes) is 1. The minimum Gasteiger partial charge on any atom is -0.457 e. The Morgan fingerprint density at radius 3 is 2.48 bits per heavy atom. The van der Waals surface area contributed by atoms with Crippen molar-refractivity contribution in [3.05, 3.63) is 54.6 Å². The molecule has 0 radical (unpaired) electrons. The standard InChI is InChI=1S/C21H24N4O2S2/c1-25(2)19(26)10-6-7-15-28-21-24-23-20(29-21)22-16-11-13-18(14-12-16)27-17-8-4-3-5-9-17/h3-5,8-9,11-14H,6-7,10,15H2,1-2H3,(H,22,23). The molecule has 1 amide bonds. The first-order valence-electron chi connectivity index (χ1n) is 9.36. The molecule has 6 nitrogen and oxygen atoms in total. The Balaban J connectivity index is 1.42. The van der Waals surface area contributed by atoms with Crippen molar-refractivity contribution in [1.29, 1.82) is 0 Å². The minimum absolute atomic E-state index is 0.178. The molecule has 0 spiro atoms. The van der Waals surface area contributed by atoms with E-state index in [-0.39, 0.29) is 5.91 Å². The van der Waals surface area contributed by atoms with E-state index in [0.717, 1.165) is 45.3 Å². The zero-order valence-corrected chi connectivity index (χ0v) is 18.1. The Hall–Kier alpha value is -2.58. The molecule has 0 aliphatic heterocycles. The van der Waals surface area contributed by atoms with Crippen molar-refractivity contribution in [2.24, 2.45) is 0 Å². The molecule has 0 saturated heterocycles. The highest BCUT2D eigenvalue weighted by atomic mass is 32.2. The number of nitrogens with zero attached hydrogens (tertiary/aromatic N) is 3. The van der Waals surface area contributed by atoms with Crippen LogP contribution in [0.1, 0.15) is 19.3 Å². The second-order valence-corrected chi connectivity index (χ2v) is 8.85. The molecule has 0 atom stereocenters. The lowest BCUT2D eigenvalue weighted by atomic mass is 10.2. The summed E-state index contributed by atoms with van der Waals surface area (Å²) in [5.41, 5.74) is 0.931. The normalized spacial score (nSPS) is 10.6. The third kappa shape index (κ3) is 7.07. The number of aromatic nitrogens is 2. The van der Waals surface area contributed by atoms with Gasteiger partial charge in [0.15, 0.2) is 4.34 Å². The van der Waals surface area contributed by atoms with Crippen LogP contribution in [0.2, 0.25) is 0 Å². The monoisotopic (exact) mass is 428 g/mol. The molecule has 8 heteroatoms. The van der Waals surface area contributed by atoms with Crippen LogP contribution in [0, 0.1) is 0 Å². The van der Waals surface area contributed by atoms with Crippen molar-refractivity contribution in [1.82, 2.24) is 15.1 Å². The van der Waals surface area contributed by atoms with Gasteiger partial charge < -0.3 is 15.0 Å². The first-order chi connectivity index (χ1) is 14.1. The van der Waals surface area contributed by atoms with Gasteiger partial charge in [0, 0.05) is 32.0 Å². The fourth-order valence-corrected chi connectivity index (χ4v) is 4.28. The van der Waals surface area contributed by atoms with Gasteiger partial charge in [0.1, 0.15) is 11.5 Å². The molecular formula is C21H24N4O2S2. The first-order valence-corrected chi connectivity index (χ1v) is 11.2. The van der Waals surface area contributed by atoms with Crippen LogP contribution in [0.15, 0.2) is 58.9 Å². The second-order valence-electron chi connectivity index (χ2n) is 6.53. The van der Waals surface area contributed by atoms with Crippen LogP contribution >= 0.6 is 23.1 Å². The van der Waals surface area contributed by atoms with Crippen molar-refractivity contribution in [3.63, 3.8) is 0 Å². The zero-order chi connectivity index (χ0) is 20.5. The molecule has 3 aromatic rings. The molecule has 0 fully saturated rings. The Kier molecular flexibility index (Phi) is 7.89. The summed E-state index contributed by atoms with van der Waals surface area (Å²) in [6, 6.07) is 17.4. The van der Waals surface area contributed by atoms with Gasteiger partial charge in [-0.15, -0.1) is 10.2 Å². The maximum atomic E-state index is 11.5. The van der Waals surface area contributed by atoms with Crippen LogP contribution < -0.4 is 10.1 Å². The van der Waals surface area contributed by atoms with Crippen LogP contribution in [0.4, 0.5) is 10.8 Å². The summed E-state index contributed by atoms with van der Waals surface area (Å²) in [4.78, 5) is 13.2. The summed E-state index contributed by atoms with van der Waals surface area (Å²) in [6.45, 7) is 0. The van der Waals surface area contributed by atoms with Gasteiger partial charge in [-0.3, -0.25) is 4.79 Å². The number of para-hydroxylation sites is 1. The largest absolute Gasteiger partial charge is 0.457 e. The summed E-state index contributed by atoms with van der Waals surface area (Å²) in [7, 11) is 3.58. The third-order valence-electron chi connectivity index (χ3n) is 4.00. The molecule has 0 aliphatic rings. The summed E-state index contributed by atoms with van der Waals surface area (Å²) < 4.78 is 6.73. The number of carbonyl (C=O) groups excluding carboxylic acids is 1. The number of hydrogen-bond acceptors (Lipinski definition) is 7. The van der Waals surface area contributed by atoms with Crippen LogP contribution in [-0.4, -0.2) is 40.9 Å². The van der Waals surface area contributed by atoms with Crippen molar-refractivity contribution in [3.8, 4) is 11.5 Å². The maximum Gasteiger partial charge on any atom is 0.222 e. The summed E-state index contributed by atoms with van der Waals surface area (Å²) >= 11 is 3.20. The van der Waals surface area contributed by atoms with E-state index in [1.165, 1.54) is 11.3 Å². The highest BCUT2D eigenvalue weighted by Gasteiger charge is 2.07. The van der Waals surface area contributed by atoms with Gasteiger partial charge in [-0.05, 0) is 49.2 Å². The molecule has 1 aromatic heterocycles. The van der Waals surface area contributed by atoms with Crippen molar-refractivity contribution >= 4 is 39.8 Å². The van der Waals surface area contributed by atoms with E-state index in [2.05, 4.69) is 15.5 Å². The molecule has 1 heterocycles. The predicted molar refractivity (Wildman–Crippen MR) is 119 cm³/mol. The number of amides is 1. The smallest absolute Gasteiger partial charge is 0.222 e. The number of thioether (sulfide) groups is 1. The number of ether oxygens (including phenoxy) is 1. The zero-order valence-electron chi connectivity index (χ0n) is 16.5. The number of anilines is 2. The van der Waals surface area contributed by atoms with Gasteiger partial charge in [-0.25, -0.2) is 0 Å². The SMILES string of the molecule is CN(C)C(=O)CCCCSc1nnc(Nc2ccc(Oc3ccccc3)cc2)s1.